The number of amides is 2. The van der Waals surface area contributed by atoms with E-state index in [1.54, 1.807) is 43.3 Å². The number of hydrogen-bond donors (Lipinski definition) is 0. The van der Waals surface area contributed by atoms with Crippen molar-refractivity contribution in [3.63, 3.8) is 0 Å². The number of ether oxygens (including phenoxy) is 1. The van der Waals surface area contributed by atoms with Gasteiger partial charge in [0.05, 0.1) is 17.6 Å². The molecule has 174 valence electrons. The van der Waals surface area contributed by atoms with Crippen LogP contribution in [0.2, 0.25) is 5.02 Å². The minimum atomic E-state index is -0.0371. The van der Waals surface area contributed by atoms with E-state index in [0.717, 1.165) is 29.9 Å². The van der Waals surface area contributed by atoms with Crippen LogP contribution in [0.5, 0.6) is 5.75 Å². The lowest BCUT2D eigenvalue weighted by molar-refractivity contribution is -0.135. The van der Waals surface area contributed by atoms with Crippen LogP contribution in [0, 0.1) is 0 Å². The van der Waals surface area contributed by atoms with Crippen LogP contribution in [0.15, 0.2) is 42.5 Å². The first-order valence-electron chi connectivity index (χ1n) is 10.9. The third-order valence-corrected chi connectivity index (χ3v) is 6.14. The summed E-state index contributed by atoms with van der Waals surface area (Å²) >= 11 is 5.87. The zero-order chi connectivity index (χ0) is 23.5. The first-order valence-corrected chi connectivity index (χ1v) is 11.2. The third-order valence-electron chi connectivity index (χ3n) is 5.89. The number of benzene rings is 2. The van der Waals surface area contributed by atoms with Gasteiger partial charge in [0.1, 0.15) is 11.6 Å². The number of aromatic nitrogens is 2. The van der Waals surface area contributed by atoms with E-state index in [9.17, 15) is 9.59 Å². The number of hydrogen-bond acceptors (Lipinski definition) is 5. The summed E-state index contributed by atoms with van der Waals surface area (Å²) in [7, 11) is 5.47. The average molecular weight is 470 g/mol. The highest BCUT2D eigenvalue weighted by molar-refractivity contribution is 6.30. The molecule has 3 aromatic rings. The second-order valence-corrected chi connectivity index (χ2v) is 8.83. The topological polar surface area (TPSA) is 70.9 Å². The smallest absolute Gasteiger partial charge is 0.260 e. The van der Waals surface area contributed by atoms with Gasteiger partial charge in [-0.25, -0.2) is 4.98 Å². The van der Waals surface area contributed by atoms with Crippen molar-refractivity contribution >= 4 is 34.4 Å². The molecule has 1 saturated heterocycles. The fourth-order valence-corrected chi connectivity index (χ4v) is 4.03. The molecule has 1 aliphatic rings. The molecule has 0 bridgehead atoms. The Morgan fingerprint density at radius 2 is 1.76 bits per heavy atom. The fraction of sp³-hybridized carbons (Fsp3) is 0.375. The summed E-state index contributed by atoms with van der Waals surface area (Å²) < 4.78 is 7.65. The van der Waals surface area contributed by atoms with Gasteiger partial charge in [-0.1, -0.05) is 11.6 Å². The number of imidazole rings is 1. The predicted molar refractivity (Wildman–Crippen MR) is 128 cm³/mol. The Hall–Kier alpha value is -3.10. The molecule has 4 rings (SSSR count). The summed E-state index contributed by atoms with van der Waals surface area (Å²) in [5.74, 6) is 1.50. The molecule has 2 amide bonds. The van der Waals surface area contributed by atoms with Gasteiger partial charge in [0.2, 0.25) is 0 Å². The molecule has 1 aromatic heterocycles. The maximum atomic E-state index is 12.5. The highest BCUT2D eigenvalue weighted by Gasteiger charge is 2.23. The van der Waals surface area contributed by atoms with Gasteiger partial charge < -0.3 is 19.1 Å². The lowest BCUT2D eigenvalue weighted by Crippen LogP contribution is -2.49. The quantitative estimate of drug-likeness (QED) is 0.555. The summed E-state index contributed by atoms with van der Waals surface area (Å²) in [6.07, 6.45) is 0. The van der Waals surface area contributed by atoms with E-state index in [4.69, 9.17) is 21.3 Å². The first kappa shape index (κ1) is 23.1. The van der Waals surface area contributed by atoms with Gasteiger partial charge in [0, 0.05) is 57.9 Å². The molecule has 2 heterocycles. The van der Waals surface area contributed by atoms with E-state index >= 15 is 0 Å². The Morgan fingerprint density at radius 3 is 2.42 bits per heavy atom. The minimum Gasteiger partial charge on any atom is -0.484 e. The zero-order valence-electron chi connectivity index (χ0n) is 19.1. The predicted octanol–water partition coefficient (Wildman–Crippen LogP) is 2.65. The number of fused-ring (bicyclic) bond motifs is 1. The summed E-state index contributed by atoms with van der Waals surface area (Å²) in [6.45, 7) is 3.52. The van der Waals surface area contributed by atoms with Gasteiger partial charge in [-0.3, -0.25) is 14.5 Å². The Kier molecular flexibility index (Phi) is 6.85. The Morgan fingerprint density at radius 1 is 1.06 bits per heavy atom. The van der Waals surface area contributed by atoms with Crippen LogP contribution in [0.3, 0.4) is 0 Å². The van der Waals surface area contributed by atoms with Crippen molar-refractivity contribution in [3.05, 3.63) is 58.9 Å². The molecular formula is C24H28ClN5O3. The number of piperazine rings is 1. The van der Waals surface area contributed by atoms with Gasteiger partial charge in [0.25, 0.3) is 11.8 Å². The number of carbonyl (C=O) groups excluding carboxylic acids is 2. The van der Waals surface area contributed by atoms with Crippen molar-refractivity contribution in [1.82, 2.24) is 24.3 Å². The maximum absolute atomic E-state index is 12.5. The van der Waals surface area contributed by atoms with Crippen molar-refractivity contribution in [2.45, 2.75) is 6.54 Å². The van der Waals surface area contributed by atoms with Crippen LogP contribution in [-0.4, -0.2) is 82.9 Å². The van der Waals surface area contributed by atoms with E-state index < -0.39 is 0 Å². The maximum Gasteiger partial charge on any atom is 0.260 e. The Balaban J connectivity index is 1.32. The molecule has 0 radical (unpaired) electrons. The van der Waals surface area contributed by atoms with Gasteiger partial charge in [-0.2, -0.15) is 0 Å². The molecule has 2 aromatic carbocycles. The molecule has 1 fully saturated rings. The number of halogens is 1. The summed E-state index contributed by atoms with van der Waals surface area (Å²) in [5.41, 5.74) is 2.44. The van der Waals surface area contributed by atoms with Crippen molar-refractivity contribution in [2.75, 3.05) is 46.9 Å². The van der Waals surface area contributed by atoms with Crippen LogP contribution in [0.1, 0.15) is 16.2 Å². The Labute approximate surface area is 198 Å². The van der Waals surface area contributed by atoms with E-state index in [0.29, 0.717) is 36.0 Å². The highest BCUT2D eigenvalue weighted by atomic mass is 35.5. The molecule has 1 aliphatic heterocycles. The second-order valence-electron chi connectivity index (χ2n) is 8.39. The summed E-state index contributed by atoms with van der Waals surface area (Å²) in [6, 6.07) is 12.6. The standard InChI is InChI=1S/C24H28ClN5O3/c1-27(2)24(32)17-4-9-21-20(14-17)26-22(28(21)3)15-29-10-12-30(13-11-29)23(31)16-33-19-7-5-18(25)6-8-19/h4-9,14H,10-13,15-16H2,1-3H3. The van der Waals surface area contributed by atoms with Crippen molar-refractivity contribution < 1.29 is 14.3 Å². The van der Waals surface area contributed by atoms with Crippen molar-refractivity contribution in [3.8, 4) is 5.75 Å². The summed E-state index contributed by atoms with van der Waals surface area (Å²) in [4.78, 5) is 35.2. The van der Waals surface area contributed by atoms with Crippen molar-refractivity contribution in [2.24, 2.45) is 7.05 Å². The van der Waals surface area contributed by atoms with Gasteiger partial charge in [-0.15, -0.1) is 0 Å². The third kappa shape index (κ3) is 5.29. The highest BCUT2D eigenvalue weighted by Crippen LogP contribution is 2.20. The number of rotatable bonds is 6. The Bertz CT molecular complexity index is 1150. The zero-order valence-corrected chi connectivity index (χ0v) is 19.9. The molecule has 0 saturated carbocycles. The molecule has 0 spiro atoms. The molecule has 33 heavy (non-hydrogen) atoms. The molecule has 0 unspecified atom stereocenters. The van der Waals surface area contributed by atoms with Crippen LogP contribution >= 0.6 is 11.6 Å². The van der Waals surface area contributed by atoms with Gasteiger partial charge in [0.15, 0.2) is 6.61 Å². The molecule has 8 nitrogen and oxygen atoms in total. The normalized spacial score (nSPS) is 14.5. The van der Waals surface area contributed by atoms with Crippen LogP contribution in [0.4, 0.5) is 0 Å². The van der Waals surface area contributed by atoms with E-state index in [2.05, 4.69) is 9.47 Å². The van der Waals surface area contributed by atoms with E-state index in [1.807, 2.05) is 30.1 Å². The van der Waals surface area contributed by atoms with Crippen molar-refractivity contribution in [1.29, 1.82) is 0 Å². The molecule has 0 aliphatic carbocycles. The largest absolute Gasteiger partial charge is 0.484 e. The van der Waals surface area contributed by atoms with Crippen LogP contribution in [-0.2, 0) is 18.4 Å². The van der Waals surface area contributed by atoms with Gasteiger partial charge in [-0.05, 0) is 42.5 Å². The van der Waals surface area contributed by atoms with E-state index in [1.165, 1.54) is 0 Å². The molecule has 0 N–H and O–H groups in total. The van der Waals surface area contributed by atoms with Crippen LogP contribution in [0.25, 0.3) is 11.0 Å². The molecule has 9 heteroatoms. The number of aryl methyl sites for hydroxylation is 1. The molecular weight excluding hydrogens is 442 g/mol. The lowest BCUT2D eigenvalue weighted by atomic mass is 10.2. The number of nitrogens with zero attached hydrogens (tertiary/aromatic N) is 5. The average Bonchev–Trinajstić information content (AvgIpc) is 3.12. The second kappa shape index (κ2) is 9.80. The van der Waals surface area contributed by atoms with Gasteiger partial charge >= 0.3 is 0 Å². The first-order chi connectivity index (χ1) is 15.8. The monoisotopic (exact) mass is 469 g/mol. The summed E-state index contributed by atoms with van der Waals surface area (Å²) in [5, 5.41) is 0.632. The van der Waals surface area contributed by atoms with E-state index in [-0.39, 0.29) is 18.4 Å². The lowest BCUT2D eigenvalue weighted by Gasteiger charge is -2.34. The van der Waals surface area contributed by atoms with Crippen LogP contribution < -0.4 is 4.74 Å². The minimum absolute atomic E-state index is 0.0143. The SMILES string of the molecule is CN(C)C(=O)c1ccc2c(c1)nc(CN1CCN(C(=O)COc3ccc(Cl)cc3)CC1)n2C. The fourth-order valence-electron chi connectivity index (χ4n) is 3.90. The number of carbonyl (C=O) groups is 2. The molecule has 0 atom stereocenters.